The van der Waals surface area contributed by atoms with Crippen LogP contribution in [0.1, 0.15) is 11.3 Å². The fourth-order valence-electron chi connectivity index (χ4n) is 3.93. The summed E-state index contributed by atoms with van der Waals surface area (Å²) in [6.45, 7) is 1.52. The Labute approximate surface area is 180 Å². The van der Waals surface area contributed by atoms with Crippen LogP contribution in [-0.4, -0.2) is 33.8 Å². The average Bonchev–Trinajstić information content (AvgIpc) is 3.11. The number of ether oxygens (including phenoxy) is 1. The molecule has 0 atom stereocenters. The van der Waals surface area contributed by atoms with Gasteiger partial charge in [0.25, 0.3) is 5.91 Å². The maximum atomic E-state index is 11.8. The summed E-state index contributed by atoms with van der Waals surface area (Å²) in [7, 11) is 2.09. The van der Waals surface area contributed by atoms with Crippen molar-refractivity contribution in [2.24, 2.45) is 0 Å². The van der Waals surface area contributed by atoms with E-state index >= 15 is 0 Å². The zero-order valence-electron chi connectivity index (χ0n) is 17.2. The summed E-state index contributed by atoms with van der Waals surface area (Å²) in [4.78, 5) is 18.9. The third-order valence-corrected chi connectivity index (χ3v) is 5.34. The summed E-state index contributed by atoms with van der Waals surface area (Å²) >= 11 is 0. The largest absolute Gasteiger partial charge is 0.482 e. The summed E-state index contributed by atoms with van der Waals surface area (Å²) in [5, 5.41) is 2.88. The summed E-state index contributed by atoms with van der Waals surface area (Å²) in [5.74, 6) is 0.509. The van der Waals surface area contributed by atoms with Crippen LogP contribution in [0.4, 0.5) is 11.4 Å². The van der Waals surface area contributed by atoms with E-state index in [9.17, 15) is 4.79 Å². The van der Waals surface area contributed by atoms with Crippen molar-refractivity contribution in [3.05, 3.63) is 78.1 Å². The van der Waals surface area contributed by atoms with Crippen molar-refractivity contribution in [1.29, 1.82) is 0 Å². The van der Waals surface area contributed by atoms with E-state index in [1.54, 1.807) is 0 Å². The first-order valence-electron chi connectivity index (χ1n) is 10.1. The van der Waals surface area contributed by atoms with Crippen molar-refractivity contribution in [1.82, 2.24) is 14.3 Å². The predicted molar refractivity (Wildman–Crippen MR) is 121 cm³/mol. The van der Waals surface area contributed by atoms with Gasteiger partial charge < -0.3 is 20.2 Å². The van der Waals surface area contributed by atoms with E-state index < -0.39 is 0 Å². The Hall–Kier alpha value is -3.84. The Bertz CT molecular complexity index is 1270. The molecule has 4 aromatic rings. The number of amides is 1. The van der Waals surface area contributed by atoms with Gasteiger partial charge in [-0.2, -0.15) is 0 Å². The highest BCUT2D eigenvalue weighted by atomic mass is 16.5. The van der Waals surface area contributed by atoms with Crippen LogP contribution in [0.25, 0.3) is 16.9 Å². The monoisotopic (exact) mass is 413 g/mol. The quantitative estimate of drug-likeness (QED) is 0.523. The lowest BCUT2D eigenvalue weighted by Gasteiger charge is -2.19. The third-order valence-electron chi connectivity index (χ3n) is 5.34. The van der Waals surface area contributed by atoms with Gasteiger partial charge in [0.1, 0.15) is 11.4 Å². The molecule has 0 radical (unpaired) electrons. The lowest BCUT2D eigenvalue weighted by Crippen LogP contribution is -2.25. The highest BCUT2D eigenvalue weighted by molar-refractivity contribution is 5.96. The number of carbonyl (C=O) groups excluding carboxylic acids is 1. The Morgan fingerprint density at radius 2 is 1.97 bits per heavy atom. The number of carbonyl (C=O) groups is 1. The molecule has 0 aliphatic carbocycles. The Morgan fingerprint density at radius 3 is 2.81 bits per heavy atom. The van der Waals surface area contributed by atoms with Crippen LogP contribution in [-0.2, 0) is 17.9 Å². The zero-order chi connectivity index (χ0) is 21.4. The van der Waals surface area contributed by atoms with Gasteiger partial charge in [-0.15, -0.1) is 0 Å². The molecule has 3 heterocycles. The number of nitrogens with zero attached hydrogens (tertiary/aromatic N) is 3. The van der Waals surface area contributed by atoms with Crippen LogP contribution >= 0.6 is 0 Å². The predicted octanol–water partition coefficient (Wildman–Crippen LogP) is 3.55. The van der Waals surface area contributed by atoms with Gasteiger partial charge >= 0.3 is 0 Å². The average molecular weight is 413 g/mol. The van der Waals surface area contributed by atoms with Gasteiger partial charge in [-0.3, -0.25) is 9.69 Å². The molecule has 0 fully saturated rings. The molecule has 0 saturated carbocycles. The highest BCUT2D eigenvalue weighted by Gasteiger charge is 2.20. The molecule has 3 N–H and O–H groups in total. The van der Waals surface area contributed by atoms with Crippen LogP contribution in [0.5, 0.6) is 5.75 Å². The van der Waals surface area contributed by atoms with E-state index in [1.807, 2.05) is 59.1 Å². The van der Waals surface area contributed by atoms with Crippen molar-refractivity contribution in [2.45, 2.75) is 13.1 Å². The molecule has 5 rings (SSSR count). The van der Waals surface area contributed by atoms with Gasteiger partial charge in [-0.25, -0.2) is 4.98 Å². The third kappa shape index (κ3) is 3.83. The number of fused-ring (bicyclic) bond motifs is 2. The minimum Gasteiger partial charge on any atom is -0.482 e. The molecule has 0 unspecified atom stereocenters. The summed E-state index contributed by atoms with van der Waals surface area (Å²) in [6, 6.07) is 19.9. The zero-order valence-corrected chi connectivity index (χ0v) is 17.2. The van der Waals surface area contributed by atoms with E-state index in [1.165, 1.54) is 5.56 Å². The van der Waals surface area contributed by atoms with E-state index in [4.69, 9.17) is 15.5 Å². The number of hydrogen-bond donors (Lipinski definition) is 2. The fraction of sp³-hybridized carbons (Fsp3) is 0.167. The molecule has 0 saturated heterocycles. The minimum absolute atomic E-state index is 0.0372. The number of anilines is 2. The summed E-state index contributed by atoms with van der Waals surface area (Å²) < 4.78 is 7.54. The molecule has 0 bridgehead atoms. The van der Waals surface area contributed by atoms with E-state index in [0.29, 0.717) is 23.7 Å². The standard InChI is InChI=1S/C24H23N5O2/c1-28(12-16-5-3-2-4-6-16)14-20-24(27-22-10-8-18(25)13-29(20)22)17-7-9-21-19(11-17)26-23(30)15-31-21/h2-11,13H,12,14-15,25H2,1H3,(H,26,30). The topological polar surface area (TPSA) is 84.9 Å². The van der Waals surface area contributed by atoms with Crippen molar-refractivity contribution in [3.8, 4) is 17.0 Å². The molecular formula is C24H23N5O2. The molecule has 156 valence electrons. The first kappa shape index (κ1) is 19.1. The van der Waals surface area contributed by atoms with E-state index in [-0.39, 0.29) is 12.5 Å². The molecule has 0 spiro atoms. The molecule has 7 nitrogen and oxygen atoms in total. The lowest BCUT2D eigenvalue weighted by molar-refractivity contribution is -0.118. The Balaban J connectivity index is 1.55. The van der Waals surface area contributed by atoms with Gasteiger partial charge in [0.15, 0.2) is 6.61 Å². The number of benzene rings is 2. The molecule has 2 aromatic carbocycles. The highest BCUT2D eigenvalue weighted by Crippen LogP contribution is 2.34. The first-order valence-corrected chi connectivity index (χ1v) is 10.1. The van der Waals surface area contributed by atoms with Crippen LogP contribution in [0, 0.1) is 0 Å². The Morgan fingerprint density at radius 1 is 1.13 bits per heavy atom. The first-order chi connectivity index (χ1) is 15.1. The van der Waals surface area contributed by atoms with E-state index in [2.05, 4.69) is 29.4 Å². The molecule has 31 heavy (non-hydrogen) atoms. The Kier molecular flexibility index (Phi) is 4.80. The van der Waals surface area contributed by atoms with Crippen LogP contribution in [0.2, 0.25) is 0 Å². The summed E-state index contributed by atoms with van der Waals surface area (Å²) in [5.41, 5.74) is 12.3. The molecule has 1 amide bonds. The maximum Gasteiger partial charge on any atom is 0.262 e. The van der Waals surface area contributed by atoms with Crippen molar-refractivity contribution >= 4 is 22.9 Å². The SMILES string of the molecule is CN(Cc1ccccc1)Cc1c(-c2ccc3c(c2)NC(=O)CO3)nc2ccc(N)cn12. The number of nitrogen functional groups attached to an aromatic ring is 1. The van der Waals surface area contributed by atoms with Gasteiger partial charge in [0, 0.05) is 30.5 Å². The fourth-order valence-corrected chi connectivity index (χ4v) is 3.93. The summed E-state index contributed by atoms with van der Waals surface area (Å²) in [6.07, 6.45) is 1.90. The molecule has 2 aromatic heterocycles. The lowest BCUT2D eigenvalue weighted by atomic mass is 10.1. The van der Waals surface area contributed by atoms with Crippen molar-refractivity contribution < 1.29 is 9.53 Å². The molecule has 7 heteroatoms. The second-order valence-electron chi connectivity index (χ2n) is 7.80. The van der Waals surface area contributed by atoms with Gasteiger partial charge in [0.2, 0.25) is 0 Å². The number of hydrogen-bond acceptors (Lipinski definition) is 5. The molecule has 1 aliphatic heterocycles. The number of aromatic nitrogens is 2. The second-order valence-corrected chi connectivity index (χ2v) is 7.80. The smallest absolute Gasteiger partial charge is 0.262 e. The molecule has 1 aliphatic rings. The number of nitrogens with one attached hydrogen (secondary N) is 1. The number of pyridine rings is 1. The molecular weight excluding hydrogens is 390 g/mol. The van der Waals surface area contributed by atoms with Gasteiger partial charge in [-0.05, 0) is 42.9 Å². The van der Waals surface area contributed by atoms with Crippen molar-refractivity contribution in [3.63, 3.8) is 0 Å². The maximum absolute atomic E-state index is 11.8. The minimum atomic E-state index is -0.157. The van der Waals surface area contributed by atoms with Gasteiger partial charge in [-0.1, -0.05) is 30.3 Å². The number of rotatable bonds is 5. The number of nitrogens with two attached hydrogens (primary N) is 1. The normalized spacial score (nSPS) is 13.2. The number of imidazole rings is 1. The van der Waals surface area contributed by atoms with Crippen LogP contribution < -0.4 is 15.8 Å². The second kappa shape index (κ2) is 7.77. The van der Waals surface area contributed by atoms with Crippen LogP contribution in [0.15, 0.2) is 66.9 Å². The van der Waals surface area contributed by atoms with Gasteiger partial charge in [0.05, 0.1) is 17.1 Å². The van der Waals surface area contributed by atoms with Crippen LogP contribution in [0.3, 0.4) is 0 Å². The van der Waals surface area contributed by atoms with E-state index in [0.717, 1.165) is 29.1 Å². The van der Waals surface area contributed by atoms with Crippen molar-refractivity contribution in [2.75, 3.05) is 24.7 Å².